The van der Waals surface area contributed by atoms with Crippen LogP contribution in [-0.2, 0) is 4.74 Å². The Hall–Kier alpha value is -1.27. The maximum absolute atomic E-state index is 5.78. The summed E-state index contributed by atoms with van der Waals surface area (Å²) in [5.41, 5.74) is 6.21. The first-order valence-electron chi connectivity index (χ1n) is 5.75. The van der Waals surface area contributed by atoms with E-state index in [-0.39, 0.29) is 0 Å². The average molecular weight is 250 g/mol. The number of hydrogen-bond donors (Lipinski definition) is 1. The fraction of sp³-hybridized carbons (Fsp3) is 0.545. The first kappa shape index (κ1) is 10.9. The molecule has 6 heteroatoms. The van der Waals surface area contributed by atoms with Crippen LogP contribution in [0, 0.1) is 0 Å². The summed E-state index contributed by atoms with van der Waals surface area (Å²) in [6, 6.07) is 1.74. The SMILES string of the molecule is NC(=S)c1ccnc(N2CC3CCC(C2)O3)n1. The number of thiocarbonyl (C=S) groups is 1. The summed E-state index contributed by atoms with van der Waals surface area (Å²) in [6.45, 7) is 1.72. The standard InChI is InChI=1S/C11H14N4OS/c12-10(17)9-3-4-13-11(14-9)15-5-7-1-2-8(6-15)16-7/h3-4,7-8H,1-2,5-6H2,(H2,12,17). The zero-order valence-electron chi connectivity index (χ0n) is 9.37. The van der Waals surface area contributed by atoms with Gasteiger partial charge in [0.15, 0.2) is 0 Å². The Balaban J connectivity index is 1.84. The lowest BCUT2D eigenvalue weighted by atomic mass is 10.2. The molecule has 90 valence electrons. The van der Waals surface area contributed by atoms with Crippen LogP contribution in [0.2, 0.25) is 0 Å². The Bertz CT molecular complexity index is 441. The first-order valence-corrected chi connectivity index (χ1v) is 6.16. The van der Waals surface area contributed by atoms with Gasteiger partial charge in [-0.2, -0.15) is 0 Å². The van der Waals surface area contributed by atoms with Gasteiger partial charge >= 0.3 is 0 Å². The summed E-state index contributed by atoms with van der Waals surface area (Å²) >= 11 is 4.93. The van der Waals surface area contributed by atoms with Crippen LogP contribution >= 0.6 is 12.2 Å². The second-order valence-electron chi connectivity index (χ2n) is 4.47. The van der Waals surface area contributed by atoms with Crippen LogP contribution in [0.3, 0.4) is 0 Å². The average Bonchev–Trinajstić information content (AvgIpc) is 2.68. The summed E-state index contributed by atoms with van der Waals surface area (Å²) in [6.07, 6.45) is 4.62. The van der Waals surface area contributed by atoms with E-state index in [2.05, 4.69) is 14.9 Å². The van der Waals surface area contributed by atoms with E-state index in [1.54, 1.807) is 12.3 Å². The van der Waals surface area contributed by atoms with Crippen molar-refractivity contribution in [3.8, 4) is 0 Å². The fourth-order valence-electron chi connectivity index (χ4n) is 2.42. The molecular formula is C11H14N4OS. The number of aromatic nitrogens is 2. The summed E-state index contributed by atoms with van der Waals surface area (Å²) in [7, 11) is 0. The highest BCUT2D eigenvalue weighted by Gasteiger charge is 2.34. The Labute approximate surface area is 105 Å². The molecule has 1 aromatic rings. The molecule has 2 aliphatic heterocycles. The zero-order chi connectivity index (χ0) is 11.8. The van der Waals surface area contributed by atoms with Crippen molar-refractivity contribution in [1.82, 2.24) is 9.97 Å². The van der Waals surface area contributed by atoms with Crippen molar-refractivity contribution in [3.05, 3.63) is 18.0 Å². The van der Waals surface area contributed by atoms with Crippen molar-refractivity contribution in [2.75, 3.05) is 18.0 Å². The number of morpholine rings is 1. The number of nitrogens with two attached hydrogens (primary N) is 1. The van der Waals surface area contributed by atoms with E-state index in [9.17, 15) is 0 Å². The lowest BCUT2D eigenvalue weighted by Crippen LogP contribution is -2.43. The minimum Gasteiger partial charge on any atom is -0.388 e. The number of rotatable bonds is 2. The lowest BCUT2D eigenvalue weighted by Gasteiger charge is -2.32. The molecule has 3 heterocycles. The van der Waals surface area contributed by atoms with Gasteiger partial charge in [-0.05, 0) is 18.9 Å². The van der Waals surface area contributed by atoms with Gasteiger partial charge in [0.25, 0.3) is 0 Å². The van der Waals surface area contributed by atoms with Crippen LogP contribution < -0.4 is 10.6 Å². The second-order valence-corrected chi connectivity index (χ2v) is 4.91. The summed E-state index contributed by atoms with van der Waals surface area (Å²) < 4.78 is 5.78. The predicted molar refractivity (Wildman–Crippen MR) is 68.0 cm³/mol. The van der Waals surface area contributed by atoms with Crippen molar-refractivity contribution in [1.29, 1.82) is 0 Å². The third-order valence-electron chi connectivity index (χ3n) is 3.22. The summed E-state index contributed by atoms with van der Waals surface area (Å²) in [5.74, 6) is 0.704. The number of ether oxygens (including phenoxy) is 1. The number of anilines is 1. The fourth-order valence-corrected chi connectivity index (χ4v) is 2.53. The molecule has 1 aromatic heterocycles. The Morgan fingerprint density at radius 1 is 1.41 bits per heavy atom. The van der Waals surface area contributed by atoms with E-state index in [1.807, 2.05) is 0 Å². The van der Waals surface area contributed by atoms with Crippen LogP contribution in [0.5, 0.6) is 0 Å². The van der Waals surface area contributed by atoms with Crippen LogP contribution in [0.15, 0.2) is 12.3 Å². The summed E-state index contributed by atoms with van der Waals surface area (Å²) in [4.78, 5) is 11.1. The van der Waals surface area contributed by atoms with E-state index in [0.29, 0.717) is 28.8 Å². The van der Waals surface area contributed by atoms with E-state index in [1.165, 1.54) is 0 Å². The van der Waals surface area contributed by atoms with Crippen molar-refractivity contribution < 1.29 is 4.74 Å². The highest BCUT2D eigenvalue weighted by atomic mass is 32.1. The molecule has 0 aliphatic carbocycles. The van der Waals surface area contributed by atoms with Crippen molar-refractivity contribution in [3.63, 3.8) is 0 Å². The third kappa shape index (κ3) is 2.10. The maximum atomic E-state index is 5.78. The molecule has 2 aliphatic rings. The van der Waals surface area contributed by atoms with E-state index >= 15 is 0 Å². The molecule has 3 rings (SSSR count). The van der Waals surface area contributed by atoms with Crippen LogP contribution in [0.1, 0.15) is 18.5 Å². The highest BCUT2D eigenvalue weighted by molar-refractivity contribution is 7.80. The second kappa shape index (κ2) is 4.19. The Kier molecular flexibility index (Phi) is 2.68. The van der Waals surface area contributed by atoms with Gasteiger partial charge in [0.05, 0.1) is 12.2 Å². The molecular weight excluding hydrogens is 236 g/mol. The smallest absolute Gasteiger partial charge is 0.226 e. The first-order chi connectivity index (χ1) is 8.22. The van der Waals surface area contributed by atoms with Gasteiger partial charge in [-0.1, -0.05) is 12.2 Å². The zero-order valence-corrected chi connectivity index (χ0v) is 10.2. The largest absolute Gasteiger partial charge is 0.388 e. The van der Waals surface area contributed by atoms with Gasteiger partial charge in [0.2, 0.25) is 5.95 Å². The number of fused-ring (bicyclic) bond motifs is 2. The van der Waals surface area contributed by atoms with Gasteiger partial charge < -0.3 is 15.4 Å². The molecule has 2 bridgehead atoms. The maximum Gasteiger partial charge on any atom is 0.226 e. The molecule has 2 saturated heterocycles. The molecule has 0 spiro atoms. The van der Waals surface area contributed by atoms with Crippen molar-refractivity contribution >= 4 is 23.2 Å². The number of hydrogen-bond acceptors (Lipinski definition) is 5. The highest BCUT2D eigenvalue weighted by Crippen LogP contribution is 2.27. The molecule has 0 amide bonds. The summed E-state index contributed by atoms with van der Waals surface area (Å²) in [5, 5.41) is 0. The van der Waals surface area contributed by atoms with Gasteiger partial charge in [0.1, 0.15) is 10.7 Å². The van der Waals surface area contributed by atoms with Crippen molar-refractivity contribution in [2.45, 2.75) is 25.0 Å². The monoisotopic (exact) mass is 250 g/mol. The van der Waals surface area contributed by atoms with Gasteiger partial charge in [-0.15, -0.1) is 0 Å². The molecule has 17 heavy (non-hydrogen) atoms. The van der Waals surface area contributed by atoms with Crippen LogP contribution in [0.25, 0.3) is 0 Å². The minimum atomic E-state index is 0.310. The molecule has 5 nitrogen and oxygen atoms in total. The van der Waals surface area contributed by atoms with Crippen LogP contribution in [0.4, 0.5) is 5.95 Å². The van der Waals surface area contributed by atoms with Gasteiger partial charge in [-0.3, -0.25) is 0 Å². The number of nitrogens with zero attached hydrogens (tertiary/aromatic N) is 3. The molecule has 0 saturated carbocycles. The molecule has 0 aromatic carbocycles. The topological polar surface area (TPSA) is 64.3 Å². The normalized spacial score (nSPS) is 27.2. The van der Waals surface area contributed by atoms with Gasteiger partial charge in [-0.25, -0.2) is 9.97 Å². The molecule has 2 atom stereocenters. The quantitative estimate of drug-likeness (QED) is 0.770. The van der Waals surface area contributed by atoms with Crippen molar-refractivity contribution in [2.24, 2.45) is 5.73 Å². The molecule has 2 N–H and O–H groups in total. The molecule has 0 radical (unpaired) electrons. The van der Waals surface area contributed by atoms with E-state index < -0.39 is 0 Å². The third-order valence-corrected chi connectivity index (χ3v) is 3.43. The minimum absolute atomic E-state index is 0.310. The Morgan fingerprint density at radius 3 is 2.76 bits per heavy atom. The lowest BCUT2D eigenvalue weighted by molar-refractivity contribution is 0.0299. The van der Waals surface area contributed by atoms with E-state index in [4.69, 9.17) is 22.7 Å². The molecule has 2 fully saturated rings. The van der Waals surface area contributed by atoms with E-state index in [0.717, 1.165) is 25.9 Å². The van der Waals surface area contributed by atoms with Gasteiger partial charge in [0, 0.05) is 19.3 Å². The predicted octanol–water partition coefficient (Wildman–Crippen LogP) is 0.478. The Morgan fingerprint density at radius 2 is 2.12 bits per heavy atom. The molecule has 2 unspecified atom stereocenters. The van der Waals surface area contributed by atoms with Crippen LogP contribution in [-0.4, -0.2) is 40.3 Å².